The number of halogens is 1. The van der Waals surface area contributed by atoms with Gasteiger partial charge in [0.15, 0.2) is 11.6 Å². The molecule has 4 N–H and O–H groups in total. The molecule has 1 heterocycles. The number of aromatic amines is 1. The minimum atomic E-state index is -1.09. The van der Waals surface area contributed by atoms with E-state index in [-0.39, 0.29) is 23.5 Å². The predicted octanol–water partition coefficient (Wildman–Crippen LogP) is 4.25. The Balaban J connectivity index is 1.73. The number of benzene rings is 2. The monoisotopic (exact) mass is 383 g/mol. The summed E-state index contributed by atoms with van der Waals surface area (Å²) in [5.74, 6) is -1.62. The highest BCUT2D eigenvalue weighted by Gasteiger charge is 2.25. The molecule has 144 valence electrons. The molecule has 3 aromatic rings. The van der Waals surface area contributed by atoms with Crippen molar-refractivity contribution >= 4 is 39.8 Å². The second-order valence-corrected chi connectivity index (χ2v) is 6.74. The van der Waals surface area contributed by atoms with Crippen LogP contribution in [0.2, 0.25) is 0 Å². The van der Waals surface area contributed by atoms with Gasteiger partial charge in [-0.3, -0.25) is 4.79 Å². The molecule has 4 rings (SSSR count). The van der Waals surface area contributed by atoms with Crippen LogP contribution in [0.25, 0.3) is 10.9 Å². The highest BCUT2D eigenvalue weighted by atomic mass is 19.1. The maximum atomic E-state index is 14.0. The zero-order valence-corrected chi connectivity index (χ0v) is 15.0. The zero-order chi connectivity index (χ0) is 19.8. The van der Waals surface area contributed by atoms with E-state index in [1.54, 1.807) is 24.3 Å². The smallest absolute Gasteiger partial charge is 0.352 e. The van der Waals surface area contributed by atoms with E-state index in [1.807, 2.05) is 0 Å². The molecule has 0 saturated heterocycles. The number of aromatic nitrogens is 1. The number of carbonyl (C=O) groups excluding carboxylic acids is 1. The Hall–Kier alpha value is -3.55. The maximum Gasteiger partial charge on any atom is 0.352 e. The summed E-state index contributed by atoms with van der Waals surface area (Å²) in [5.41, 5.74) is 2.21. The van der Waals surface area contributed by atoms with E-state index in [2.05, 4.69) is 15.6 Å². The maximum absolute atomic E-state index is 14.0. The summed E-state index contributed by atoms with van der Waals surface area (Å²) in [4.78, 5) is 25.6. The Bertz CT molecular complexity index is 1090. The SMILES string of the molecule is CC(=O)Nc1cc(Nc2ccc(F)c(OC3CC3)c2)c2cc(C(=O)O)[nH]c2c1. The first-order valence-corrected chi connectivity index (χ1v) is 8.80. The Kier molecular flexibility index (Phi) is 4.38. The summed E-state index contributed by atoms with van der Waals surface area (Å²) in [5, 5.41) is 15.7. The fraction of sp³-hybridized carbons (Fsp3) is 0.200. The summed E-state index contributed by atoms with van der Waals surface area (Å²) in [6.07, 6.45) is 1.89. The third-order valence-electron chi connectivity index (χ3n) is 4.32. The number of hydrogen-bond acceptors (Lipinski definition) is 4. The number of rotatable bonds is 6. The summed E-state index contributed by atoms with van der Waals surface area (Å²) < 4.78 is 19.6. The Morgan fingerprint density at radius 3 is 2.64 bits per heavy atom. The molecular formula is C20H18FN3O4. The van der Waals surface area contributed by atoms with Crippen LogP contribution in [0, 0.1) is 5.82 Å². The van der Waals surface area contributed by atoms with Crippen LogP contribution in [0.4, 0.5) is 21.5 Å². The van der Waals surface area contributed by atoms with Crippen LogP contribution in [0.5, 0.6) is 5.75 Å². The summed E-state index contributed by atoms with van der Waals surface area (Å²) in [6.45, 7) is 1.39. The van der Waals surface area contributed by atoms with Crippen LogP contribution in [-0.2, 0) is 4.79 Å². The molecule has 1 saturated carbocycles. The standard InChI is InChI=1S/C20H18FN3O4/c1-10(25)22-12-6-16(14-9-18(20(26)27)24-17(14)7-12)23-11-2-5-15(21)19(8-11)28-13-3-4-13/h2,5-9,13,23-24H,3-4H2,1H3,(H,22,25)(H,26,27). The molecule has 0 atom stereocenters. The van der Waals surface area contributed by atoms with Crippen LogP contribution in [0.15, 0.2) is 36.4 Å². The van der Waals surface area contributed by atoms with Crippen molar-refractivity contribution in [3.05, 3.63) is 47.9 Å². The molecule has 0 bridgehead atoms. The molecule has 7 nitrogen and oxygen atoms in total. The largest absolute Gasteiger partial charge is 0.487 e. The number of nitrogens with one attached hydrogen (secondary N) is 3. The van der Waals surface area contributed by atoms with Crippen LogP contribution >= 0.6 is 0 Å². The van der Waals surface area contributed by atoms with E-state index < -0.39 is 11.8 Å². The number of fused-ring (bicyclic) bond motifs is 1. The van der Waals surface area contributed by atoms with E-state index in [1.165, 1.54) is 19.1 Å². The van der Waals surface area contributed by atoms with Crippen molar-refractivity contribution in [2.75, 3.05) is 10.6 Å². The van der Waals surface area contributed by atoms with Crippen molar-refractivity contribution in [2.45, 2.75) is 25.9 Å². The number of aromatic carboxylic acids is 1. The number of H-pyrrole nitrogens is 1. The van der Waals surface area contributed by atoms with Gasteiger partial charge in [0.1, 0.15) is 5.69 Å². The number of anilines is 3. The lowest BCUT2D eigenvalue weighted by molar-refractivity contribution is -0.114. The van der Waals surface area contributed by atoms with Gasteiger partial charge in [0, 0.05) is 29.8 Å². The van der Waals surface area contributed by atoms with Crippen molar-refractivity contribution in [1.29, 1.82) is 0 Å². The lowest BCUT2D eigenvalue weighted by Crippen LogP contribution is -2.06. The fourth-order valence-corrected chi connectivity index (χ4v) is 2.92. The van der Waals surface area contributed by atoms with E-state index in [0.717, 1.165) is 12.8 Å². The van der Waals surface area contributed by atoms with Crippen LogP contribution < -0.4 is 15.4 Å². The summed E-state index contributed by atoms with van der Waals surface area (Å²) >= 11 is 0. The average Bonchev–Trinajstić information content (AvgIpc) is 3.32. The zero-order valence-electron chi connectivity index (χ0n) is 15.0. The molecule has 0 spiro atoms. The summed E-state index contributed by atoms with van der Waals surface area (Å²) in [7, 11) is 0. The van der Waals surface area contributed by atoms with Gasteiger partial charge >= 0.3 is 5.97 Å². The molecule has 1 aliphatic carbocycles. The quantitative estimate of drug-likeness (QED) is 0.510. The molecular weight excluding hydrogens is 365 g/mol. The van der Waals surface area contributed by atoms with Crippen LogP contribution in [0.1, 0.15) is 30.3 Å². The van der Waals surface area contributed by atoms with Gasteiger partial charge < -0.3 is 25.5 Å². The molecule has 8 heteroatoms. The first-order valence-electron chi connectivity index (χ1n) is 8.80. The third kappa shape index (κ3) is 3.75. The van der Waals surface area contributed by atoms with E-state index in [9.17, 15) is 19.1 Å². The summed E-state index contributed by atoms with van der Waals surface area (Å²) in [6, 6.07) is 9.29. The van der Waals surface area contributed by atoms with E-state index in [4.69, 9.17) is 4.74 Å². The first kappa shape index (κ1) is 17.8. The Morgan fingerprint density at radius 2 is 1.96 bits per heavy atom. The molecule has 1 fully saturated rings. The van der Waals surface area contributed by atoms with Crippen molar-refractivity contribution < 1.29 is 23.8 Å². The van der Waals surface area contributed by atoms with Gasteiger partial charge in [-0.2, -0.15) is 0 Å². The average molecular weight is 383 g/mol. The third-order valence-corrected chi connectivity index (χ3v) is 4.32. The van der Waals surface area contributed by atoms with E-state index >= 15 is 0 Å². The molecule has 1 aliphatic rings. The first-order chi connectivity index (χ1) is 13.4. The predicted molar refractivity (Wildman–Crippen MR) is 103 cm³/mol. The van der Waals surface area contributed by atoms with Gasteiger partial charge in [0.25, 0.3) is 0 Å². The molecule has 0 aliphatic heterocycles. The van der Waals surface area contributed by atoms with Crippen molar-refractivity contribution in [1.82, 2.24) is 4.98 Å². The number of carboxylic acids is 1. The number of amides is 1. The number of carbonyl (C=O) groups is 2. The van der Waals surface area contributed by atoms with Gasteiger partial charge in [0.05, 0.1) is 17.3 Å². The molecule has 1 aromatic heterocycles. The van der Waals surface area contributed by atoms with Gasteiger partial charge in [0.2, 0.25) is 5.91 Å². The molecule has 28 heavy (non-hydrogen) atoms. The second-order valence-electron chi connectivity index (χ2n) is 6.74. The highest BCUT2D eigenvalue weighted by Crippen LogP contribution is 2.34. The van der Waals surface area contributed by atoms with Crippen LogP contribution in [0.3, 0.4) is 0 Å². The van der Waals surface area contributed by atoms with Gasteiger partial charge in [-0.05, 0) is 43.2 Å². The Morgan fingerprint density at radius 1 is 1.18 bits per heavy atom. The minimum Gasteiger partial charge on any atom is -0.487 e. The normalized spacial score (nSPS) is 13.4. The lowest BCUT2D eigenvalue weighted by atomic mass is 10.1. The van der Waals surface area contributed by atoms with E-state index in [0.29, 0.717) is 28.0 Å². The van der Waals surface area contributed by atoms with Gasteiger partial charge in [-0.15, -0.1) is 0 Å². The number of ether oxygens (including phenoxy) is 1. The van der Waals surface area contributed by atoms with Gasteiger partial charge in [-0.25, -0.2) is 9.18 Å². The number of carboxylic acid groups (broad SMARTS) is 1. The molecule has 2 aromatic carbocycles. The molecule has 0 unspecified atom stereocenters. The Labute approximate surface area is 159 Å². The number of hydrogen-bond donors (Lipinski definition) is 4. The minimum absolute atomic E-state index is 0.0230. The highest BCUT2D eigenvalue weighted by molar-refractivity contribution is 6.03. The fourth-order valence-electron chi connectivity index (χ4n) is 2.92. The molecule has 0 radical (unpaired) electrons. The van der Waals surface area contributed by atoms with Gasteiger partial charge in [-0.1, -0.05) is 0 Å². The molecule has 1 amide bonds. The van der Waals surface area contributed by atoms with Crippen molar-refractivity contribution in [3.8, 4) is 5.75 Å². The van der Waals surface area contributed by atoms with Crippen LogP contribution in [-0.4, -0.2) is 28.1 Å². The lowest BCUT2D eigenvalue weighted by Gasteiger charge is -2.13. The van der Waals surface area contributed by atoms with Crippen molar-refractivity contribution in [2.24, 2.45) is 0 Å². The van der Waals surface area contributed by atoms with Crippen molar-refractivity contribution in [3.63, 3.8) is 0 Å². The topological polar surface area (TPSA) is 103 Å². The second kappa shape index (κ2) is 6.88.